The molecule has 1 aliphatic carbocycles. The quantitative estimate of drug-likeness (QED) is 0.703. The van der Waals surface area contributed by atoms with Gasteiger partial charge in [0.1, 0.15) is 0 Å². The average molecular weight is 197 g/mol. The van der Waals surface area contributed by atoms with Gasteiger partial charge in [0.05, 0.1) is 12.2 Å². The molecule has 0 heterocycles. The van der Waals surface area contributed by atoms with Gasteiger partial charge in [0.25, 0.3) is 0 Å². The fraction of sp³-hybridized carbons (Fsp3) is 0.833. The summed E-state index contributed by atoms with van der Waals surface area (Å²) in [4.78, 5) is 0. The molecule has 0 aromatic rings. The zero-order valence-electron chi connectivity index (χ0n) is 9.62. The van der Waals surface area contributed by atoms with Crippen LogP contribution in [0.15, 0.2) is 11.6 Å². The van der Waals surface area contributed by atoms with Crippen LogP contribution in [0.2, 0.25) is 0 Å². The van der Waals surface area contributed by atoms with Gasteiger partial charge in [0, 0.05) is 6.04 Å². The van der Waals surface area contributed by atoms with E-state index in [0.29, 0.717) is 12.1 Å². The first-order valence-corrected chi connectivity index (χ1v) is 5.74. The molecule has 0 saturated carbocycles. The topological polar surface area (TPSA) is 35.2 Å². The van der Waals surface area contributed by atoms with Crippen LogP contribution < -0.4 is 5.73 Å². The van der Waals surface area contributed by atoms with Gasteiger partial charge in [-0.15, -0.1) is 0 Å². The summed E-state index contributed by atoms with van der Waals surface area (Å²) in [7, 11) is 0. The predicted molar refractivity (Wildman–Crippen MR) is 60.2 cm³/mol. The lowest BCUT2D eigenvalue weighted by Gasteiger charge is -2.28. The molecule has 0 aromatic heterocycles. The van der Waals surface area contributed by atoms with Gasteiger partial charge >= 0.3 is 0 Å². The highest BCUT2D eigenvalue weighted by molar-refractivity contribution is 5.09. The second-order valence-electron chi connectivity index (χ2n) is 4.33. The van der Waals surface area contributed by atoms with E-state index < -0.39 is 0 Å². The molecule has 0 bridgehead atoms. The van der Waals surface area contributed by atoms with E-state index in [1.165, 1.54) is 5.57 Å². The first-order chi connectivity index (χ1) is 6.65. The first kappa shape index (κ1) is 11.7. The van der Waals surface area contributed by atoms with E-state index in [1.807, 2.05) is 0 Å². The van der Waals surface area contributed by atoms with Gasteiger partial charge in [-0.3, -0.25) is 0 Å². The fourth-order valence-corrected chi connectivity index (χ4v) is 2.07. The lowest BCUT2D eigenvalue weighted by molar-refractivity contribution is -0.000387. The van der Waals surface area contributed by atoms with Gasteiger partial charge < -0.3 is 10.5 Å². The minimum absolute atomic E-state index is 0.253. The van der Waals surface area contributed by atoms with Crippen LogP contribution in [-0.4, -0.2) is 18.2 Å². The number of hydrogen-bond acceptors (Lipinski definition) is 2. The number of rotatable bonds is 4. The molecule has 82 valence electrons. The fourth-order valence-electron chi connectivity index (χ4n) is 2.07. The maximum atomic E-state index is 5.97. The molecular weight excluding hydrogens is 174 g/mol. The summed E-state index contributed by atoms with van der Waals surface area (Å²) >= 11 is 0. The summed E-state index contributed by atoms with van der Waals surface area (Å²) in [5, 5.41) is 0. The Kier molecular flexibility index (Phi) is 4.63. The van der Waals surface area contributed by atoms with Crippen molar-refractivity contribution in [3.8, 4) is 0 Å². The van der Waals surface area contributed by atoms with Crippen molar-refractivity contribution >= 4 is 0 Å². The Balaban J connectivity index is 2.47. The van der Waals surface area contributed by atoms with Crippen molar-refractivity contribution in [1.82, 2.24) is 0 Å². The largest absolute Gasteiger partial charge is 0.371 e. The van der Waals surface area contributed by atoms with Crippen molar-refractivity contribution in [1.29, 1.82) is 0 Å². The van der Waals surface area contributed by atoms with E-state index in [-0.39, 0.29) is 6.10 Å². The minimum Gasteiger partial charge on any atom is -0.371 e. The molecule has 0 saturated heterocycles. The van der Waals surface area contributed by atoms with Crippen LogP contribution in [0.5, 0.6) is 0 Å². The molecule has 0 aromatic carbocycles. The standard InChI is InChI=1S/C12H23NO/c1-4-11(5-2)14-12-7-9(3)6-10(13)8-12/h7,10-12H,4-6,8,13H2,1-3H3. The van der Waals surface area contributed by atoms with Gasteiger partial charge in [-0.05, 0) is 32.6 Å². The summed E-state index contributed by atoms with van der Waals surface area (Å²) in [5.41, 5.74) is 7.33. The zero-order chi connectivity index (χ0) is 10.6. The maximum Gasteiger partial charge on any atom is 0.0776 e. The van der Waals surface area contributed by atoms with Crippen LogP contribution in [0.3, 0.4) is 0 Å². The van der Waals surface area contributed by atoms with Crippen molar-refractivity contribution in [3.05, 3.63) is 11.6 Å². The maximum absolute atomic E-state index is 5.97. The van der Waals surface area contributed by atoms with Crippen LogP contribution in [0.25, 0.3) is 0 Å². The highest BCUT2D eigenvalue weighted by Gasteiger charge is 2.20. The molecule has 0 spiro atoms. The number of hydrogen-bond donors (Lipinski definition) is 1. The predicted octanol–water partition coefficient (Wildman–Crippen LogP) is 2.63. The average Bonchev–Trinajstić information content (AvgIpc) is 2.12. The van der Waals surface area contributed by atoms with E-state index in [2.05, 4.69) is 26.8 Å². The van der Waals surface area contributed by atoms with Crippen LogP contribution >= 0.6 is 0 Å². The van der Waals surface area contributed by atoms with E-state index >= 15 is 0 Å². The monoisotopic (exact) mass is 197 g/mol. The normalized spacial score (nSPS) is 27.9. The Bertz CT molecular complexity index is 196. The van der Waals surface area contributed by atoms with Crippen LogP contribution in [0, 0.1) is 0 Å². The summed E-state index contributed by atoms with van der Waals surface area (Å²) < 4.78 is 5.97. The van der Waals surface area contributed by atoms with Crippen molar-refractivity contribution in [2.45, 2.75) is 64.7 Å². The smallest absolute Gasteiger partial charge is 0.0776 e. The molecule has 2 N–H and O–H groups in total. The van der Waals surface area contributed by atoms with Crippen molar-refractivity contribution in [2.24, 2.45) is 5.73 Å². The minimum atomic E-state index is 0.253. The summed E-state index contributed by atoms with van der Waals surface area (Å²) in [6.07, 6.45) is 7.08. The van der Waals surface area contributed by atoms with E-state index in [1.54, 1.807) is 0 Å². The summed E-state index contributed by atoms with van der Waals surface area (Å²) in [6.45, 7) is 6.49. The van der Waals surface area contributed by atoms with E-state index in [0.717, 1.165) is 25.7 Å². The molecule has 0 fully saturated rings. The Labute approximate surface area is 87.5 Å². The highest BCUT2D eigenvalue weighted by atomic mass is 16.5. The Morgan fingerprint density at radius 2 is 2.14 bits per heavy atom. The molecule has 2 heteroatoms. The van der Waals surface area contributed by atoms with E-state index in [9.17, 15) is 0 Å². The van der Waals surface area contributed by atoms with Crippen molar-refractivity contribution in [2.75, 3.05) is 0 Å². The third kappa shape index (κ3) is 3.43. The van der Waals surface area contributed by atoms with Gasteiger partial charge in [0.2, 0.25) is 0 Å². The van der Waals surface area contributed by atoms with Gasteiger partial charge in [-0.1, -0.05) is 25.5 Å². The van der Waals surface area contributed by atoms with Gasteiger partial charge in [-0.2, -0.15) is 0 Å². The third-order valence-corrected chi connectivity index (χ3v) is 2.87. The molecule has 0 aliphatic heterocycles. The molecular formula is C12H23NO. The van der Waals surface area contributed by atoms with Crippen LogP contribution in [0.4, 0.5) is 0 Å². The van der Waals surface area contributed by atoms with Crippen LogP contribution in [0.1, 0.15) is 46.5 Å². The molecule has 1 aliphatic rings. The second-order valence-corrected chi connectivity index (χ2v) is 4.33. The summed E-state index contributed by atoms with van der Waals surface area (Å²) in [6, 6.07) is 0.291. The van der Waals surface area contributed by atoms with Gasteiger partial charge in [-0.25, -0.2) is 0 Å². The number of nitrogens with two attached hydrogens (primary N) is 1. The lowest BCUT2D eigenvalue weighted by Crippen LogP contribution is -2.32. The molecule has 0 radical (unpaired) electrons. The molecule has 14 heavy (non-hydrogen) atoms. The second kappa shape index (κ2) is 5.52. The lowest BCUT2D eigenvalue weighted by atomic mass is 9.94. The van der Waals surface area contributed by atoms with E-state index in [4.69, 9.17) is 10.5 Å². The molecule has 2 atom stereocenters. The molecule has 2 unspecified atom stereocenters. The third-order valence-electron chi connectivity index (χ3n) is 2.87. The Morgan fingerprint density at radius 1 is 1.50 bits per heavy atom. The van der Waals surface area contributed by atoms with Crippen molar-refractivity contribution in [3.63, 3.8) is 0 Å². The molecule has 0 amide bonds. The number of ether oxygens (including phenoxy) is 1. The van der Waals surface area contributed by atoms with Gasteiger partial charge in [0.15, 0.2) is 0 Å². The molecule has 1 rings (SSSR count). The first-order valence-electron chi connectivity index (χ1n) is 5.74. The Morgan fingerprint density at radius 3 is 2.64 bits per heavy atom. The SMILES string of the molecule is CCC(CC)OC1C=C(C)CC(N)C1. The van der Waals surface area contributed by atoms with Crippen LogP contribution in [-0.2, 0) is 4.74 Å². The zero-order valence-corrected chi connectivity index (χ0v) is 9.62. The summed E-state index contributed by atoms with van der Waals surface area (Å²) in [5.74, 6) is 0. The highest BCUT2D eigenvalue weighted by Crippen LogP contribution is 2.21. The Hall–Kier alpha value is -0.340. The molecule has 2 nitrogen and oxygen atoms in total. The van der Waals surface area contributed by atoms with Crippen molar-refractivity contribution < 1.29 is 4.74 Å².